The highest BCUT2D eigenvalue weighted by molar-refractivity contribution is 8.04. The zero-order valence-corrected chi connectivity index (χ0v) is 13.8. The minimum Gasteiger partial charge on any atom is -0.449 e. The molecule has 2 aliphatic heterocycles. The van der Waals surface area contributed by atoms with E-state index < -0.39 is 18.2 Å². The van der Waals surface area contributed by atoms with Crippen LogP contribution in [0.2, 0.25) is 0 Å². The van der Waals surface area contributed by atoms with Gasteiger partial charge in [0, 0.05) is 0 Å². The fourth-order valence-electron chi connectivity index (χ4n) is 3.69. The van der Waals surface area contributed by atoms with Gasteiger partial charge in [-0.1, -0.05) is 11.8 Å². The molecule has 0 aromatic carbocycles. The van der Waals surface area contributed by atoms with Crippen molar-refractivity contribution in [1.29, 1.82) is 0 Å². The van der Waals surface area contributed by atoms with E-state index in [4.69, 9.17) is 15.6 Å². The maximum absolute atomic E-state index is 12.2. The molecule has 3 aliphatic rings. The van der Waals surface area contributed by atoms with E-state index in [1.54, 1.807) is 6.92 Å². The second-order valence-electron chi connectivity index (χ2n) is 6.47. The number of thioether (sulfide) groups is 1. The quantitative estimate of drug-likeness (QED) is 0.524. The summed E-state index contributed by atoms with van der Waals surface area (Å²) in [5.41, 5.74) is 5.72. The van der Waals surface area contributed by atoms with Crippen molar-refractivity contribution in [1.82, 2.24) is 4.90 Å². The van der Waals surface area contributed by atoms with Crippen LogP contribution >= 0.6 is 11.8 Å². The van der Waals surface area contributed by atoms with Crippen LogP contribution in [0.5, 0.6) is 0 Å². The highest BCUT2D eigenvalue weighted by atomic mass is 32.2. The summed E-state index contributed by atoms with van der Waals surface area (Å²) in [7, 11) is 0. The Morgan fingerprint density at radius 2 is 2.09 bits per heavy atom. The first-order chi connectivity index (χ1) is 10.9. The van der Waals surface area contributed by atoms with Crippen LogP contribution in [0.1, 0.15) is 32.6 Å². The minimum atomic E-state index is -1.41. The first-order valence-electron chi connectivity index (χ1n) is 7.96. The number of β-lactam (4-membered cyclic amide) rings is 1. The summed E-state index contributed by atoms with van der Waals surface area (Å²) >= 11 is 1.47. The van der Waals surface area contributed by atoms with E-state index in [0.29, 0.717) is 12.5 Å². The molecule has 1 amide bonds. The molecule has 8 heteroatoms. The fourth-order valence-corrected chi connectivity index (χ4v) is 5.41. The zero-order chi connectivity index (χ0) is 16.7. The molecule has 4 N–H and O–H groups in total. The van der Waals surface area contributed by atoms with Gasteiger partial charge in [0.2, 0.25) is 11.8 Å². The monoisotopic (exact) mass is 342 g/mol. The average Bonchev–Trinajstić information content (AvgIpc) is 2.80. The summed E-state index contributed by atoms with van der Waals surface area (Å²) < 4.78 is 4.94. The Kier molecular flexibility index (Phi) is 4.57. The number of nitrogens with zero attached hydrogens (tertiary/aromatic N) is 1. The van der Waals surface area contributed by atoms with Crippen molar-refractivity contribution in [2.45, 2.75) is 44.1 Å². The largest absolute Gasteiger partial charge is 0.512 e. The number of ether oxygens (including phenoxy) is 1. The van der Waals surface area contributed by atoms with Gasteiger partial charge >= 0.3 is 6.16 Å². The standard InChI is InChI=1S/C15H22N2O5S/c1-7(18)10-12(19)17-13(22-15(20)21)11(23-14(10)17)9-4-2-8(6-16)3-5-9/h7-10,14,18H,2-6,16H2,1H3,(H,20,21)/t7?,8?,9?,10?,14-/m0/s1. The second-order valence-corrected chi connectivity index (χ2v) is 7.63. The number of rotatable bonds is 4. The minimum absolute atomic E-state index is 0.158. The lowest BCUT2D eigenvalue weighted by Gasteiger charge is -2.43. The van der Waals surface area contributed by atoms with Crippen LogP contribution in [0.25, 0.3) is 0 Å². The van der Waals surface area contributed by atoms with Gasteiger partial charge in [-0.25, -0.2) is 4.79 Å². The number of hydrogen-bond acceptors (Lipinski definition) is 6. The SMILES string of the molecule is CC(O)C1C(=O)N2C(OC(=O)O)=C(C3CCC(CN)CC3)S[C@@H]12. The number of nitrogens with two attached hydrogens (primary N) is 1. The molecule has 2 unspecified atom stereocenters. The van der Waals surface area contributed by atoms with Crippen LogP contribution in [0.15, 0.2) is 10.8 Å². The van der Waals surface area contributed by atoms with Crippen molar-refractivity contribution < 1.29 is 24.5 Å². The highest BCUT2D eigenvalue weighted by Crippen LogP contribution is 2.54. The van der Waals surface area contributed by atoms with Crippen LogP contribution in [0, 0.1) is 17.8 Å². The molecular weight excluding hydrogens is 320 g/mol. The Balaban J connectivity index is 1.81. The third-order valence-electron chi connectivity index (χ3n) is 5.02. The molecule has 1 saturated heterocycles. The van der Waals surface area contributed by atoms with Gasteiger partial charge in [0.05, 0.1) is 16.9 Å². The van der Waals surface area contributed by atoms with Crippen molar-refractivity contribution in [2.75, 3.05) is 6.54 Å². The average molecular weight is 342 g/mol. The van der Waals surface area contributed by atoms with E-state index in [-0.39, 0.29) is 23.1 Å². The molecule has 3 rings (SSSR count). The Morgan fingerprint density at radius 1 is 1.43 bits per heavy atom. The molecule has 2 heterocycles. The maximum Gasteiger partial charge on any atom is 0.512 e. The van der Waals surface area contributed by atoms with Crippen molar-refractivity contribution in [3.63, 3.8) is 0 Å². The Morgan fingerprint density at radius 3 is 2.61 bits per heavy atom. The smallest absolute Gasteiger partial charge is 0.449 e. The summed E-state index contributed by atoms with van der Waals surface area (Å²) in [6.07, 6.45) is 1.68. The topological polar surface area (TPSA) is 113 Å². The van der Waals surface area contributed by atoms with Crippen LogP contribution in [-0.4, -0.2) is 45.2 Å². The summed E-state index contributed by atoms with van der Waals surface area (Å²) in [5.74, 6) is 0.117. The molecule has 128 valence electrons. The van der Waals surface area contributed by atoms with Gasteiger partial charge in [0.15, 0.2) is 0 Å². The van der Waals surface area contributed by atoms with Gasteiger partial charge in [-0.05, 0) is 51.0 Å². The van der Waals surface area contributed by atoms with Gasteiger partial charge in [0.1, 0.15) is 5.37 Å². The Bertz CT molecular complexity index is 542. The summed E-state index contributed by atoms with van der Waals surface area (Å²) in [6.45, 7) is 2.26. The lowest BCUT2D eigenvalue weighted by molar-refractivity contribution is -0.155. The fraction of sp³-hybridized carbons (Fsp3) is 0.733. The Labute approximate surface area is 138 Å². The molecule has 23 heavy (non-hydrogen) atoms. The van der Waals surface area contributed by atoms with Gasteiger partial charge in [0.25, 0.3) is 0 Å². The zero-order valence-electron chi connectivity index (χ0n) is 13.0. The van der Waals surface area contributed by atoms with E-state index in [9.17, 15) is 14.7 Å². The lowest BCUT2D eigenvalue weighted by atomic mass is 9.81. The van der Waals surface area contributed by atoms with Crippen molar-refractivity contribution in [3.05, 3.63) is 10.8 Å². The first kappa shape index (κ1) is 16.6. The number of hydrogen-bond donors (Lipinski definition) is 3. The molecule has 7 nitrogen and oxygen atoms in total. The van der Waals surface area contributed by atoms with Crippen molar-refractivity contribution in [2.24, 2.45) is 23.5 Å². The predicted molar refractivity (Wildman–Crippen MR) is 84.0 cm³/mol. The molecule has 1 saturated carbocycles. The van der Waals surface area contributed by atoms with Gasteiger partial charge in [-0.3, -0.25) is 9.69 Å². The second kappa shape index (κ2) is 6.33. The molecule has 1 aliphatic carbocycles. The third-order valence-corrected chi connectivity index (χ3v) is 6.52. The highest BCUT2D eigenvalue weighted by Gasteiger charge is 2.58. The Hall–Kier alpha value is -1.25. The van der Waals surface area contributed by atoms with Gasteiger partial charge < -0.3 is 20.7 Å². The van der Waals surface area contributed by atoms with E-state index in [1.165, 1.54) is 16.7 Å². The van der Waals surface area contributed by atoms with Crippen LogP contribution in [0.4, 0.5) is 4.79 Å². The van der Waals surface area contributed by atoms with E-state index in [1.807, 2.05) is 0 Å². The first-order valence-corrected chi connectivity index (χ1v) is 8.84. The lowest BCUT2D eigenvalue weighted by Crippen LogP contribution is -2.60. The number of fused-ring (bicyclic) bond motifs is 1. The third kappa shape index (κ3) is 2.83. The molecule has 2 fully saturated rings. The van der Waals surface area contributed by atoms with E-state index in [2.05, 4.69) is 0 Å². The number of allylic oxidation sites excluding steroid dienone is 1. The normalized spacial score (nSPS) is 34.9. The number of amides is 1. The van der Waals surface area contributed by atoms with E-state index in [0.717, 1.165) is 30.6 Å². The van der Waals surface area contributed by atoms with Gasteiger partial charge in [-0.2, -0.15) is 0 Å². The summed E-state index contributed by atoms with van der Waals surface area (Å²) in [5, 5.41) is 18.5. The molecule has 0 spiro atoms. The molecule has 0 aromatic heterocycles. The van der Waals surface area contributed by atoms with Crippen LogP contribution < -0.4 is 5.73 Å². The number of aliphatic hydroxyl groups excluding tert-OH is 1. The number of carbonyl (C=O) groups excluding carboxylic acids is 1. The van der Waals surface area contributed by atoms with Crippen LogP contribution in [-0.2, 0) is 9.53 Å². The molecular formula is C15H22N2O5S. The number of aliphatic hydroxyl groups is 1. The number of carbonyl (C=O) groups is 2. The summed E-state index contributed by atoms with van der Waals surface area (Å²) in [4.78, 5) is 25.5. The van der Waals surface area contributed by atoms with Crippen molar-refractivity contribution >= 4 is 23.8 Å². The van der Waals surface area contributed by atoms with Crippen molar-refractivity contribution in [3.8, 4) is 0 Å². The predicted octanol–water partition coefficient (Wildman–Crippen LogP) is 1.53. The molecule has 3 atom stereocenters. The molecule has 0 radical (unpaired) electrons. The molecule has 0 bridgehead atoms. The van der Waals surface area contributed by atoms with Crippen LogP contribution in [0.3, 0.4) is 0 Å². The maximum atomic E-state index is 12.2. The summed E-state index contributed by atoms with van der Waals surface area (Å²) in [6, 6.07) is 0. The van der Waals surface area contributed by atoms with E-state index >= 15 is 0 Å². The molecule has 0 aromatic rings. The van der Waals surface area contributed by atoms with Gasteiger partial charge in [-0.15, -0.1) is 0 Å². The number of carboxylic acid groups (broad SMARTS) is 1.